The zero-order valence-electron chi connectivity index (χ0n) is 7.18. The molecule has 0 bridgehead atoms. The molecule has 0 radical (unpaired) electrons. The van der Waals surface area contributed by atoms with Crippen molar-refractivity contribution >= 4 is 5.78 Å². The Kier molecular flexibility index (Phi) is 3.34. The summed E-state index contributed by atoms with van der Waals surface area (Å²) < 4.78 is 0. The highest BCUT2D eigenvalue weighted by Gasteiger charge is 2.22. The molecule has 0 aromatic rings. The molecular weight excluding hydrogens is 136 g/mol. The van der Waals surface area contributed by atoms with Crippen molar-refractivity contribution in [3.63, 3.8) is 0 Å². The quantitative estimate of drug-likeness (QED) is 0.568. The van der Waals surface area contributed by atoms with Gasteiger partial charge in [-0.05, 0) is 25.7 Å². The first-order valence-electron chi connectivity index (χ1n) is 4.52. The molecule has 0 aliphatic heterocycles. The maximum absolute atomic E-state index is 11.1. The summed E-state index contributed by atoms with van der Waals surface area (Å²) in [6.07, 6.45) is 9.41. The summed E-state index contributed by atoms with van der Waals surface area (Å²) in [6, 6.07) is 0. The number of allylic oxidation sites excluding steroid dienone is 2. The van der Waals surface area contributed by atoms with Gasteiger partial charge in [-0.1, -0.05) is 19.1 Å². The third kappa shape index (κ3) is 2.49. The fourth-order valence-electron chi connectivity index (χ4n) is 1.56. The van der Waals surface area contributed by atoms with E-state index in [4.69, 9.17) is 0 Å². The number of rotatable bonds is 3. The third-order valence-corrected chi connectivity index (χ3v) is 2.25. The van der Waals surface area contributed by atoms with E-state index in [-0.39, 0.29) is 0 Å². The van der Waals surface area contributed by atoms with Gasteiger partial charge in [-0.25, -0.2) is 0 Å². The van der Waals surface area contributed by atoms with Crippen molar-refractivity contribution in [3.05, 3.63) is 12.2 Å². The Morgan fingerprint density at radius 3 is 2.91 bits per heavy atom. The number of hydrogen-bond donors (Lipinski definition) is 0. The van der Waals surface area contributed by atoms with E-state index in [0.29, 0.717) is 11.7 Å². The van der Waals surface area contributed by atoms with E-state index in [1.807, 2.05) is 0 Å². The second-order valence-corrected chi connectivity index (χ2v) is 3.17. The van der Waals surface area contributed by atoms with E-state index >= 15 is 0 Å². The van der Waals surface area contributed by atoms with Crippen LogP contribution in [0.4, 0.5) is 0 Å². The van der Waals surface area contributed by atoms with Crippen LogP contribution in [0, 0.1) is 5.92 Å². The predicted octanol–water partition coefficient (Wildman–Crippen LogP) is 2.71. The molecular formula is C10H16O. The molecule has 11 heavy (non-hydrogen) atoms. The summed E-state index contributed by atoms with van der Waals surface area (Å²) in [7, 11) is 0. The molecule has 1 heteroatoms. The summed E-state index contributed by atoms with van der Waals surface area (Å²) in [4.78, 5) is 11.1. The van der Waals surface area contributed by atoms with Crippen LogP contribution in [0.25, 0.3) is 0 Å². The molecule has 1 aliphatic carbocycles. The normalized spacial score (nSPS) is 25.2. The Morgan fingerprint density at radius 1 is 1.55 bits per heavy atom. The molecule has 0 amide bonds. The second-order valence-electron chi connectivity index (χ2n) is 3.17. The van der Waals surface area contributed by atoms with Crippen LogP contribution in [-0.4, -0.2) is 5.78 Å². The Morgan fingerprint density at radius 2 is 2.36 bits per heavy atom. The highest BCUT2D eigenvalue weighted by molar-refractivity contribution is 5.82. The van der Waals surface area contributed by atoms with Gasteiger partial charge in [-0.3, -0.25) is 4.79 Å². The molecule has 1 fully saturated rings. The highest BCUT2D eigenvalue weighted by Crippen LogP contribution is 2.24. The van der Waals surface area contributed by atoms with Crippen molar-refractivity contribution < 1.29 is 4.79 Å². The van der Waals surface area contributed by atoms with Gasteiger partial charge in [0.15, 0.2) is 0 Å². The van der Waals surface area contributed by atoms with E-state index < -0.39 is 0 Å². The highest BCUT2D eigenvalue weighted by atomic mass is 16.1. The lowest BCUT2D eigenvalue weighted by Crippen LogP contribution is -2.03. The minimum Gasteiger partial charge on any atom is -0.299 e. The lowest BCUT2D eigenvalue weighted by molar-refractivity contribution is -0.120. The van der Waals surface area contributed by atoms with Crippen LogP contribution in [0.1, 0.15) is 39.0 Å². The Labute approximate surface area is 68.5 Å². The standard InChI is InChI=1S/C10H16O/c1-2-3-4-6-9-7-5-8-10(9)11/h3-4,9H,2,5-8H2,1H3/b4-3-. The minimum absolute atomic E-state index is 0.359. The third-order valence-electron chi connectivity index (χ3n) is 2.25. The van der Waals surface area contributed by atoms with Gasteiger partial charge in [-0.15, -0.1) is 0 Å². The monoisotopic (exact) mass is 152 g/mol. The summed E-state index contributed by atoms with van der Waals surface area (Å²) in [5.74, 6) is 0.837. The van der Waals surface area contributed by atoms with E-state index in [2.05, 4.69) is 19.1 Å². The van der Waals surface area contributed by atoms with Gasteiger partial charge in [-0.2, -0.15) is 0 Å². The maximum Gasteiger partial charge on any atom is 0.136 e. The first-order chi connectivity index (χ1) is 5.34. The Bertz CT molecular complexity index is 158. The molecule has 0 aromatic heterocycles. The molecule has 0 N–H and O–H groups in total. The molecule has 1 unspecified atom stereocenters. The van der Waals surface area contributed by atoms with Gasteiger partial charge < -0.3 is 0 Å². The smallest absolute Gasteiger partial charge is 0.136 e. The van der Waals surface area contributed by atoms with Crippen molar-refractivity contribution in [2.24, 2.45) is 5.92 Å². The van der Waals surface area contributed by atoms with Gasteiger partial charge in [0.25, 0.3) is 0 Å². The molecule has 1 atom stereocenters. The fraction of sp³-hybridized carbons (Fsp3) is 0.700. The van der Waals surface area contributed by atoms with Crippen LogP contribution in [0.2, 0.25) is 0 Å². The van der Waals surface area contributed by atoms with E-state index in [1.165, 1.54) is 0 Å². The van der Waals surface area contributed by atoms with Gasteiger partial charge in [0, 0.05) is 12.3 Å². The minimum atomic E-state index is 0.359. The van der Waals surface area contributed by atoms with Gasteiger partial charge in [0.2, 0.25) is 0 Å². The molecule has 0 spiro atoms. The largest absolute Gasteiger partial charge is 0.299 e. The first-order valence-corrected chi connectivity index (χ1v) is 4.52. The summed E-state index contributed by atoms with van der Waals surface area (Å²) in [5.41, 5.74) is 0. The number of carbonyl (C=O) groups excluding carboxylic acids is 1. The van der Waals surface area contributed by atoms with E-state index in [0.717, 1.165) is 32.1 Å². The lowest BCUT2D eigenvalue weighted by atomic mass is 10.0. The van der Waals surface area contributed by atoms with Gasteiger partial charge in [0.1, 0.15) is 5.78 Å². The molecule has 62 valence electrons. The van der Waals surface area contributed by atoms with Crippen LogP contribution < -0.4 is 0 Å². The van der Waals surface area contributed by atoms with Crippen molar-refractivity contribution in [1.29, 1.82) is 0 Å². The van der Waals surface area contributed by atoms with Crippen LogP contribution in [0.3, 0.4) is 0 Å². The molecule has 1 rings (SSSR count). The fourth-order valence-corrected chi connectivity index (χ4v) is 1.56. The number of carbonyl (C=O) groups is 1. The SMILES string of the molecule is CC/C=C\CC1CCCC1=O. The van der Waals surface area contributed by atoms with Gasteiger partial charge in [0.05, 0.1) is 0 Å². The Hall–Kier alpha value is -0.590. The molecule has 1 saturated carbocycles. The predicted molar refractivity (Wildman–Crippen MR) is 46.4 cm³/mol. The summed E-state index contributed by atoms with van der Waals surface area (Å²) >= 11 is 0. The van der Waals surface area contributed by atoms with Crippen LogP contribution in [0.15, 0.2) is 12.2 Å². The van der Waals surface area contributed by atoms with Crippen LogP contribution in [0.5, 0.6) is 0 Å². The van der Waals surface area contributed by atoms with E-state index in [9.17, 15) is 4.79 Å². The zero-order chi connectivity index (χ0) is 8.10. The van der Waals surface area contributed by atoms with Crippen molar-refractivity contribution in [1.82, 2.24) is 0 Å². The van der Waals surface area contributed by atoms with Crippen molar-refractivity contribution in [3.8, 4) is 0 Å². The molecule has 0 heterocycles. The average Bonchev–Trinajstić information content (AvgIpc) is 2.37. The average molecular weight is 152 g/mol. The number of Topliss-reactive ketones (excluding diaryl/α,β-unsaturated/α-hetero) is 1. The lowest BCUT2D eigenvalue weighted by Gasteiger charge is -2.01. The Balaban J connectivity index is 2.25. The van der Waals surface area contributed by atoms with Crippen molar-refractivity contribution in [2.45, 2.75) is 39.0 Å². The maximum atomic E-state index is 11.1. The van der Waals surface area contributed by atoms with Crippen LogP contribution >= 0.6 is 0 Å². The van der Waals surface area contributed by atoms with Gasteiger partial charge >= 0.3 is 0 Å². The van der Waals surface area contributed by atoms with Crippen molar-refractivity contribution in [2.75, 3.05) is 0 Å². The van der Waals surface area contributed by atoms with Crippen LogP contribution in [-0.2, 0) is 4.79 Å². The molecule has 0 aromatic carbocycles. The number of hydrogen-bond acceptors (Lipinski definition) is 1. The summed E-state index contributed by atoms with van der Waals surface area (Å²) in [6.45, 7) is 2.12. The first kappa shape index (κ1) is 8.51. The topological polar surface area (TPSA) is 17.1 Å². The number of ketones is 1. The molecule has 1 aliphatic rings. The summed E-state index contributed by atoms with van der Waals surface area (Å²) in [5, 5.41) is 0. The zero-order valence-corrected chi connectivity index (χ0v) is 7.18. The second kappa shape index (κ2) is 4.32. The molecule has 1 nitrogen and oxygen atoms in total. The molecule has 0 saturated heterocycles. The van der Waals surface area contributed by atoms with E-state index in [1.54, 1.807) is 0 Å².